The maximum atomic E-state index is 9.76. The summed E-state index contributed by atoms with van der Waals surface area (Å²) in [6.45, 7) is 1.73. The summed E-state index contributed by atoms with van der Waals surface area (Å²) in [4.78, 5) is 0. The van der Waals surface area contributed by atoms with Crippen LogP contribution in [0.1, 0.15) is 17.9 Å². The Morgan fingerprint density at radius 1 is 1.23 bits per heavy atom. The monoisotopic (exact) mass is 177 g/mol. The highest BCUT2D eigenvalue weighted by Crippen LogP contribution is 2.24. The molecular weight excluding hydrogens is 162 g/mol. The van der Waals surface area contributed by atoms with Gasteiger partial charge in [0, 0.05) is 12.5 Å². The first-order valence-corrected chi connectivity index (χ1v) is 4.81. The molecule has 0 amide bonds. The van der Waals surface area contributed by atoms with E-state index in [0.717, 1.165) is 19.5 Å². The molecule has 2 N–H and O–H groups in total. The summed E-state index contributed by atoms with van der Waals surface area (Å²) in [5.41, 5.74) is 1.26. The standard InChI is InChI=1S/C11H15NO/c13-11-8-12-7-6-10(11)9-4-2-1-3-5-9/h1-5,10-13H,6-8H2/t10-,11?/m0/s1. The Kier molecular flexibility index (Phi) is 2.62. The van der Waals surface area contributed by atoms with E-state index >= 15 is 0 Å². The lowest BCUT2D eigenvalue weighted by molar-refractivity contribution is 0.118. The Labute approximate surface area is 78.6 Å². The van der Waals surface area contributed by atoms with Gasteiger partial charge < -0.3 is 10.4 Å². The van der Waals surface area contributed by atoms with Gasteiger partial charge in [0.15, 0.2) is 0 Å². The van der Waals surface area contributed by atoms with Crippen LogP contribution in [-0.4, -0.2) is 24.3 Å². The van der Waals surface area contributed by atoms with Crippen LogP contribution >= 0.6 is 0 Å². The lowest BCUT2D eigenvalue weighted by Gasteiger charge is -2.28. The van der Waals surface area contributed by atoms with E-state index in [1.807, 2.05) is 18.2 Å². The largest absolute Gasteiger partial charge is 0.391 e. The topological polar surface area (TPSA) is 32.3 Å². The zero-order valence-electron chi connectivity index (χ0n) is 7.61. The number of piperidine rings is 1. The quantitative estimate of drug-likeness (QED) is 0.674. The van der Waals surface area contributed by atoms with Crippen molar-refractivity contribution in [2.75, 3.05) is 13.1 Å². The minimum atomic E-state index is -0.226. The van der Waals surface area contributed by atoms with Crippen molar-refractivity contribution in [2.45, 2.75) is 18.4 Å². The van der Waals surface area contributed by atoms with Crippen LogP contribution in [0.25, 0.3) is 0 Å². The lowest BCUT2D eigenvalue weighted by atomic mass is 9.88. The first kappa shape index (κ1) is 8.73. The normalized spacial score (nSPS) is 28.7. The molecule has 70 valence electrons. The number of hydrogen-bond acceptors (Lipinski definition) is 2. The fraction of sp³-hybridized carbons (Fsp3) is 0.455. The van der Waals surface area contributed by atoms with E-state index in [9.17, 15) is 5.11 Å². The van der Waals surface area contributed by atoms with E-state index in [2.05, 4.69) is 17.4 Å². The zero-order chi connectivity index (χ0) is 9.10. The van der Waals surface area contributed by atoms with Crippen LogP contribution in [0.3, 0.4) is 0 Å². The summed E-state index contributed by atoms with van der Waals surface area (Å²) in [6.07, 6.45) is 0.807. The van der Waals surface area contributed by atoms with E-state index in [-0.39, 0.29) is 6.10 Å². The van der Waals surface area contributed by atoms with Gasteiger partial charge in [0.1, 0.15) is 0 Å². The smallest absolute Gasteiger partial charge is 0.0733 e. The molecule has 1 unspecified atom stereocenters. The van der Waals surface area contributed by atoms with Gasteiger partial charge in [-0.05, 0) is 18.5 Å². The number of β-amino-alcohol motifs (C(OH)–C–C–N with tert-alkyl or cyclic N) is 1. The van der Waals surface area contributed by atoms with E-state index in [1.165, 1.54) is 5.56 Å². The number of benzene rings is 1. The molecule has 1 aromatic rings. The molecule has 1 aliphatic rings. The molecule has 1 saturated heterocycles. The maximum Gasteiger partial charge on any atom is 0.0733 e. The van der Waals surface area contributed by atoms with E-state index in [4.69, 9.17) is 0 Å². The Morgan fingerprint density at radius 3 is 2.69 bits per heavy atom. The minimum Gasteiger partial charge on any atom is -0.391 e. The molecule has 0 spiro atoms. The Balaban J connectivity index is 2.15. The van der Waals surface area contributed by atoms with Crippen molar-refractivity contribution in [2.24, 2.45) is 0 Å². The van der Waals surface area contributed by atoms with Crippen molar-refractivity contribution in [1.82, 2.24) is 5.32 Å². The van der Waals surface area contributed by atoms with Gasteiger partial charge in [0.05, 0.1) is 6.10 Å². The molecule has 2 rings (SSSR count). The van der Waals surface area contributed by atoms with Gasteiger partial charge >= 0.3 is 0 Å². The summed E-state index contributed by atoms with van der Waals surface area (Å²) in [7, 11) is 0. The second-order valence-corrected chi connectivity index (χ2v) is 3.58. The molecule has 1 aromatic carbocycles. The molecule has 1 aliphatic heterocycles. The number of hydrogen-bond donors (Lipinski definition) is 2. The van der Waals surface area contributed by atoms with Crippen LogP contribution in [0.15, 0.2) is 30.3 Å². The molecule has 0 radical (unpaired) electrons. The molecule has 1 fully saturated rings. The highest BCUT2D eigenvalue weighted by atomic mass is 16.3. The second kappa shape index (κ2) is 3.90. The van der Waals surface area contributed by atoms with Crippen molar-refractivity contribution >= 4 is 0 Å². The Morgan fingerprint density at radius 2 is 2.00 bits per heavy atom. The fourth-order valence-electron chi connectivity index (χ4n) is 1.93. The van der Waals surface area contributed by atoms with E-state index < -0.39 is 0 Å². The predicted molar refractivity (Wildman–Crippen MR) is 52.7 cm³/mol. The highest BCUT2D eigenvalue weighted by Gasteiger charge is 2.23. The minimum absolute atomic E-state index is 0.226. The van der Waals surface area contributed by atoms with Crippen molar-refractivity contribution in [3.05, 3.63) is 35.9 Å². The SMILES string of the molecule is OC1CNCC[C@H]1c1ccccc1. The number of nitrogens with one attached hydrogen (secondary N) is 1. The molecule has 0 aliphatic carbocycles. The van der Waals surface area contributed by atoms with Crippen LogP contribution < -0.4 is 5.32 Å². The molecule has 0 saturated carbocycles. The third kappa shape index (κ3) is 1.90. The number of aliphatic hydroxyl groups is 1. The molecular formula is C11H15NO. The van der Waals surface area contributed by atoms with Gasteiger partial charge in [-0.15, -0.1) is 0 Å². The maximum absolute atomic E-state index is 9.76. The van der Waals surface area contributed by atoms with Crippen molar-refractivity contribution in [1.29, 1.82) is 0 Å². The summed E-state index contributed by atoms with van der Waals surface area (Å²) in [5, 5.41) is 12.9. The van der Waals surface area contributed by atoms with E-state index in [1.54, 1.807) is 0 Å². The van der Waals surface area contributed by atoms with E-state index in [0.29, 0.717) is 5.92 Å². The third-order valence-electron chi connectivity index (χ3n) is 2.68. The van der Waals surface area contributed by atoms with Gasteiger partial charge in [0.2, 0.25) is 0 Å². The molecule has 1 heterocycles. The molecule has 0 bridgehead atoms. The molecule has 13 heavy (non-hydrogen) atoms. The van der Waals surface area contributed by atoms with Crippen LogP contribution in [0, 0.1) is 0 Å². The van der Waals surface area contributed by atoms with Crippen molar-refractivity contribution in [3.8, 4) is 0 Å². The van der Waals surface area contributed by atoms with Crippen molar-refractivity contribution in [3.63, 3.8) is 0 Å². The van der Waals surface area contributed by atoms with Gasteiger partial charge in [-0.1, -0.05) is 30.3 Å². The first-order valence-electron chi connectivity index (χ1n) is 4.81. The van der Waals surface area contributed by atoms with Gasteiger partial charge in [-0.3, -0.25) is 0 Å². The fourth-order valence-corrected chi connectivity index (χ4v) is 1.93. The highest BCUT2D eigenvalue weighted by molar-refractivity contribution is 5.21. The predicted octanol–water partition coefficient (Wildman–Crippen LogP) is 1.12. The van der Waals surface area contributed by atoms with Gasteiger partial charge in [-0.25, -0.2) is 0 Å². The Hall–Kier alpha value is -0.860. The molecule has 2 atom stereocenters. The van der Waals surface area contributed by atoms with Gasteiger partial charge in [0.25, 0.3) is 0 Å². The van der Waals surface area contributed by atoms with Gasteiger partial charge in [-0.2, -0.15) is 0 Å². The summed E-state index contributed by atoms with van der Waals surface area (Å²) < 4.78 is 0. The van der Waals surface area contributed by atoms with Crippen molar-refractivity contribution < 1.29 is 5.11 Å². The lowest BCUT2D eigenvalue weighted by Crippen LogP contribution is -2.39. The molecule has 0 aromatic heterocycles. The second-order valence-electron chi connectivity index (χ2n) is 3.58. The molecule has 2 nitrogen and oxygen atoms in total. The number of aliphatic hydroxyl groups excluding tert-OH is 1. The average Bonchev–Trinajstić information content (AvgIpc) is 2.20. The third-order valence-corrected chi connectivity index (χ3v) is 2.68. The summed E-state index contributed by atoms with van der Waals surface area (Å²) in [6, 6.07) is 10.3. The first-order chi connectivity index (χ1) is 6.38. The summed E-state index contributed by atoms with van der Waals surface area (Å²) >= 11 is 0. The average molecular weight is 177 g/mol. The van der Waals surface area contributed by atoms with Crippen LogP contribution in [0.2, 0.25) is 0 Å². The number of rotatable bonds is 1. The van der Waals surface area contributed by atoms with Crippen LogP contribution in [-0.2, 0) is 0 Å². The zero-order valence-corrected chi connectivity index (χ0v) is 7.61. The molecule has 2 heteroatoms. The van der Waals surface area contributed by atoms with Crippen LogP contribution in [0.4, 0.5) is 0 Å². The Bertz CT molecular complexity index is 260. The summed E-state index contributed by atoms with van der Waals surface area (Å²) in [5.74, 6) is 0.322. The van der Waals surface area contributed by atoms with Crippen LogP contribution in [0.5, 0.6) is 0 Å².